The van der Waals surface area contributed by atoms with Crippen LogP contribution in [0.5, 0.6) is 0 Å². The Morgan fingerprint density at radius 3 is 2.64 bits per heavy atom. The number of thiophene rings is 1. The smallest absolute Gasteiger partial charge is 0.102 e. The summed E-state index contributed by atoms with van der Waals surface area (Å²) in [6.07, 6.45) is -1.74. The molecule has 5 heteroatoms. The van der Waals surface area contributed by atoms with Gasteiger partial charge in [-0.15, -0.1) is 11.3 Å². The first kappa shape index (κ1) is 10.1. The van der Waals surface area contributed by atoms with Gasteiger partial charge in [-0.25, -0.2) is 0 Å². The molecule has 4 nitrogen and oxygen atoms in total. The van der Waals surface area contributed by atoms with Gasteiger partial charge in [0, 0.05) is 4.88 Å². The molecular weight excluding hydrogens is 202 g/mol. The summed E-state index contributed by atoms with van der Waals surface area (Å²) in [7, 11) is 0. The van der Waals surface area contributed by atoms with E-state index in [9.17, 15) is 10.2 Å². The minimum Gasteiger partial charge on any atom is -0.395 e. The van der Waals surface area contributed by atoms with Crippen molar-refractivity contribution >= 4 is 11.3 Å². The van der Waals surface area contributed by atoms with E-state index in [1.165, 1.54) is 11.3 Å². The molecule has 0 spiro atoms. The third-order valence-electron chi connectivity index (χ3n) is 2.54. The van der Waals surface area contributed by atoms with Crippen LogP contribution < -0.4 is 5.32 Å². The number of hydrogen-bond donors (Lipinski definition) is 4. The van der Waals surface area contributed by atoms with Gasteiger partial charge in [-0.05, 0) is 11.4 Å². The van der Waals surface area contributed by atoms with Gasteiger partial charge < -0.3 is 15.3 Å². The van der Waals surface area contributed by atoms with Crippen molar-refractivity contribution in [2.24, 2.45) is 0 Å². The maximum Gasteiger partial charge on any atom is 0.102 e. The molecule has 0 amide bonds. The van der Waals surface area contributed by atoms with Crippen LogP contribution in [0.4, 0.5) is 0 Å². The van der Waals surface area contributed by atoms with Gasteiger partial charge in [-0.1, -0.05) is 6.07 Å². The predicted octanol–water partition coefficient (Wildman–Crippen LogP) is -0.525. The second-order valence-electron chi connectivity index (χ2n) is 3.43. The number of aliphatic hydroxyl groups excluding tert-OH is 3. The normalized spacial score (nSPS) is 37.6. The van der Waals surface area contributed by atoms with E-state index in [1.54, 1.807) is 0 Å². The lowest BCUT2D eigenvalue weighted by Gasteiger charge is -2.13. The average Bonchev–Trinajstić information content (AvgIpc) is 2.78. The molecule has 2 heterocycles. The van der Waals surface area contributed by atoms with Gasteiger partial charge in [-0.3, -0.25) is 5.32 Å². The fourth-order valence-electron chi connectivity index (χ4n) is 1.74. The van der Waals surface area contributed by atoms with Gasteiger partial charge in [0.2, 0.25) is 0 Å². The van der Waals surface area contributed by atoms with Crippen molar-refractivity contribution in [2.75, 3.05) is 6.61 Å². The summed E-state index contributed by atoms with van der Waals surface area (Å²) in [6.45, 7) is -0.167. The van der Waals surface area contributed by atoms with Crippen molar-refractivity contribution < 1.29 is 15.3 Å². The lowest BCUT2D eigenvalue weighted by molar-refractivity contribution is 0.0198. The van der Waals surface area contributed by atoms with Crippen molar-refractivity contribution in [1.82, 2.24) is 5.32 Å². The molecule has 0 bridgehead atoms. The van der Waals surface area contributed by atoms with Gasteiger partial charge in [0.15, 0.2) is 0 Å². The topological polar surface area (TPSA) is 72.7 Å². The Bertz CT molecular complexity index is 290. The third kappa shape index (κ3) is 1.57. The Morgan fingerprint density at radius 2 is 2.14 bits per heavy atom. The van der Waals surface area contributed by atoms with E-state index in [2.05, 4.69) is 5.32 Å². The van der Waals surface area contributed by atoms with Crippen LogP contribution in [0.3, 0.4) is 0 Å². The monoisotopic (exact) mass is 215 g/mol. The van der Waals surface area contributed by atoms with Crippen molar-refractivity contribution in [3.63, 3.8) is 0 Å². The Morgan fingerprint density at radius 1 is 1.36 bits per heavy atom. The molecule has 1 aromatic rings. The van der Waals surface area contributed by atoms with E-state index in [0.717, 1.165) is 4.88 Å². The molecule has 0 aliphatic carbocycles. The zero-order chi connectivity index (χ0) is 10.1. The van der Waals surface area contributed by atoms with Crippen LogP contribution in [0, 0.1) is 0 Å². The minimum absolute atomic E-state index is 0.167. The van der Waals surface area contributed by atoms with Crippen LogP contribution in [0.25, 0.3) is 0 Å². The molecule has 4 N–H and O–H groups in total. The van der Waals surface area contributed by atoms with Gasteiger partial charge >= 0.3 is 0 Å². The first-order chi connectivity index (χ1) is 6.74. The van der Waals surface area contributed by atoms with Crippen molar-refractivity contribution in [3.8, 4) is 0 Å². The van der Waals surface area contributed by atoms with Gasteiger partial charge in [0.25, 0.3) is 0 Å². The standard InChI is InChI=1S/C9H13NO3S/c11-4-5-8(12)9(13)7(10-5)6-2-1-3-14-6/h1-3,5,7-13H,4H2/t5-,7-,8-,9-/m0/s1. The molecule has 78 valence electrons. The summed E-state index contributed by atoms with van der Waals surface area (Å²) >= 11 is 1.52. The van der Waals surface area contributed by atoms with Gasteiger partial charge in [0.05, 0.1) is 24.8 Å². The summed E-state index contributed by atoms with van der Waals surface area (Å²) in [5.74, 6) is 0. The van der Waals surface area contributed by atoms with Crippen LogP contribution in [0.2, 0.25) is 0 Å². The Kier molecular flexibility index (Phi) is 2.85. The molecule has 0 aromatic carbocycles. The molecule has 1 fully saturated rings. The van der Waals surface area contributed by atoms with E-state index in [1.807, 2.05) is 17.5 Å². The molecule has 1 aliphatic heterocycles. The Balaban J connectivity index is 2.16. The summed E-state index contributed by atoms with van der Waals surface area (Å²) in [4.78, 5) is 0.979. The Hall–Kier alpha value is -0.460. The molecule has 1 saturated heterocycles. The molecule has 1 aromatic heterocycles. The fraction of sp³-hybridized carbons (Fsp3) is 0.556. The van der Waals surface area contributed by atoms with E-state index >= 15 is 0 Å². The SMILES string of the molecule is OC[C@@H]1N[C@@H](c2cccs2)[C@H](O)[C@H]1O. The van der Waals surface area contributed by atoms with Crippen molar-refractivity contribution in [3.05, 3.63) is 22.4 Å². The Labute approximate surface area is 85.8 Å². The van der Waals surface area contributed by atoms with E-state index in [0.29, 0.717) is 0 Å². The maximum absolute atomic E-state index is 9.71. The first-order valence-corrected chi connectivity index (χ1v) is 5.38. The zero-order valence-corrected chi connectivity index (χ0v) is 8.31. The van der Waals surface area contributed by atoms with Crippen LogP contribution in [-0.2, 0) is 0 Å². The quantitative estimate of drug-likeness (QED) is 0.535. The molecule has 1 aliphatic rings. The van der Waals surface area contributed by atoms with Crippen LogP contribution >= 0.6 is 11.3 Å². The van der Waals surface area contributed by atoms with Crippen LogP contribution in [-0.4, -0.2) is 40.2 Å². The number of aliphatic hydroxyl groups is 3. The largest absolute Gasteiger partial charge is 0.395 e. The van der Waals surface area contributed by atoms with E-state index < -0.39 is 18.2 Å². The summed E-state index contributed by atoms with van der Waals surface area (Å²) in [6, 6.07) is 3.10. The molecule has 0 radical (unpaired) electrons. The lowest BCUT2D eigenvalue weighted by atomic mass is 10.1. The summed E-state index contributed by atoms with van der Waals surface area (Å²) in [5, 5.41) is 33.1. The van der Waals surface area contributed by atoms with Crippen molar-refractivity contribution in [1.29, 1.82) is 0 Å². The van der Waals surface area contributed by atoms with Gasteiger partial charge in [-0.2, -0.15) is 0 Å². The van der Waals surface area contributed by atoms with Gasteiger partial charge in [0.1, 0.15) is 6.10 Å². The second-order valence-corrected chi connectivity index (χ2v) is 4.41. The minimum atomic E-state index is -0.896. The highest BCUT2D eigenvalue weighted by atomic mass is 32.1. The highest BCUT2D eigenvalue weighted by Crippen LogP contribution is 2.30. The first-order valence-electron chi connectivity index (χ1n) is 4.50. The number of rotatable bonds is 2. The molecule has 4 atom stereocenters. The molecule has 0 unspecified atom stereocenters. The zero-order valence-electron chi connectivity index (χ0n) is 7.50. The van der Waals surface area contributed by atoms with Crippen LogP contribution in [0.1, 0.15) is 10.9 Å². The molecule has 14 heavy (non-hydrogen) atoms. The predicted molar refractivity (Wildman–Crippen MR) is 53.1 cm³/mol. The highest BCUT2D eigenvalue weighted by molar-refractivity contribution is 7.10. The fourth-order valence-corrected chi connectivity index (χ4v) is 2.57. The number of hydrogen-bond acceptors (Lipinski definition) is 5. The second kappa shape index (κ2) is 3.96. The molecular formula is C9H13NO3S. The molecule has 0 saturated carbocycles. The summed E-state index contributed by atoms with van der Waals surface area (Å²) in [5.41, 5.74) is 0. The average molecular weight is 215 g/mol. The third-order valence-corrected chi connectivity index (χ3v) is 3.50. The number of nitrogens with one attached hydrogen (secondary N) is 1. The highest BCUT2D eigenvalue weighted by Gasteiger charge is 2.41. The van der Waals surface area contributed by atoms with E-state index in [4.69, 9.17) is 5.11 Å². The summed E-state index contributed by atoms with van der Waals surface area (Å²) < 4.78 is 0. The van der Waals surface area contributed by atoms with Crippen LogP contribution in [0.15, 0.2) is 17.5 Å². The maximum atomic E-state index is 9.71. The molecule has 2 rings (SSSR count). The van der Waals surface area contributed by atoms with E-state index in [-0.39, 0.29) is 12.6 Å². The lowest BCUT2D eigenvalue weighted by Crippen LogP contribution is -2.35. The van der Waals surface area contributed by atoms with Crippen molar-refractivity contribution in [2.45, 2.75) is 24.3 Å².